The summed E-state index contributed by atoms with van der Waals surface area (Å²) in [4.78, 5) is 4.30. The lowest BCUT2D eigenvalue weighted by atomic mass is 10.1. The first-order valence-electron chi connectivity index (χ1n) is 6.51. The van der Waals surface area contributed by atoms with Crippen LogP contribution in [0.3, 0.4) is 0 Å². The largest absolute Gasteiger partial charge is 0.275 e. The quantitative estimate of drug-likeness (QED) is 0.527. The third-order valence-corrected chi connectivity index (χ3v) is 4.91. The van der Waals surface area contributed by atoms with Gasteiger partial charge in [-0.25, -0.2) is 4.98 Å². The molecule has 3 heterocycles. The zero-order valence-electron chi connectivity index (χ0n) is 11.5. The Morgan fingerprint density at radius 1 is 1.14 bits per heavy atom. The van der Waals surface area contributed by atoms with Crippen LogP contribution in [-0.2, 0) is 0 Å². The summed E-state index contributed by atoms with van der Waals surface area (Å²) in [7, 11) is 0. The van der Waals surface area contributed by atoms with Gasteiger partial charge in [0.25, 0.3) is 0 Å². The molecule has 0 radical (unpaired) electrons. The van der Waals surface area contributed by atoms with E-state index < -0.39 is 0 Å². The first-order valence-corrected chi connectivity index (χ1v) is 7.77. The van der Waals surface area contributed by atoms with E-state index in [2.05, 4.69) is 32.7 Å². The maximum atomic E-state index is 6.20. The third-order valence-electron chi connectivity index (χ3n) is 3.69. The first kappa shape index (κ1) is 12.7. The predicted molar refractivity (Wildman–Crippen MR) is 86.1 cm³/mol. The molecule has 3 aromatic heterocycles. The maximum Gasteiger partial charge on any atom is 0.199 e. The Hall–Kier alpha value is -1.98. The van der Waals surface area contributed by atoms with E-state index in [1.807, 2.05) is 30.4 Å². The minimum absolute atomic E-state index is 0.386. The van der Waals surface area contributed by atoms with E-state index in [0.717, 1.165) is 22.8 Å². The molecule has 0 saturated carbocycles. The van der Waals surface area contributed by atoms with Crippen LogP contribution in [0.25, 0.3) is 27.1 Å². The molecule has 21 heavy (non-hydrogen) atoms. The standard InChI is InChI=1S/C15H11ClN4S/c1-8-9(2)20-14(18-19-15(20)13(16)17-8)11-7-21-12-6-4-3-5-10(11)12/h3-7H,1-2H3. The van der Waals surface area contributed by atoms with E-state index in [1.54, 1.807) is 11.3 Å². The lowest BCUT2D eigenvalue weighted by Crippen LogP contribution is -2.00. The number of thiophene rings is 1. The van der Waals surface area contributed by atoms with Crippen LogP contribution in [-0.4, -0.2) is 19.6 Å². The van der Waals surface area contributed by atoms with Gasteiger partial charge in [-0.3, -0.25) is 4.40 Å². The van der Waals surface area contributed by atoms with Gasteiger partial charge in [0.2, 0.25) is 0 Å². The topological polar surface area (TPSA) is 43.1 Å². The van der Waals surface area contributed by atoms with Crippen LogP contribution in [0.2, 0.25) is 5.15 Å². The Bertz CT molecular complexity index is 986. The van der Waals surface area contributed by atoms with E-state index in [9.17, 15) is 0 Å². The van der Waals surface area contributed by atoms with Gasteiger partial charge in [0.1, 0.15) is 0 Å². The second-order valence-corrected chi connectivity index (χ2v) is 6.17. The fraction of sp³-hybridized carbons (Fsp3) is 0.133. The normalized spacial score (nSPS) is 11.6. The van der Waals surface area contributed by atoms with Gasteiger partial charge >= 0.3 is 0 Å². The smallest absolute Gasteiger partial charge is 0.199 e. The zero-order valence-corrected chi connectivity index (χ0v) is 13.0. The van der Waals surface area contributed by atoms with Gasteiger partial charge < -0.3 is 0 Å². The molecule has 0 spiro atoms. The van der Waals surface area contributed by atoms with Crippen LogP contribution in [0, 0.1) is 13.8 Å². The van der Waals surface area contributed by atoms with Crippen molar-refractivity contribution in [3.8, 4) is 11.4 Å². The third kappa shape index (κ3) is 1.78. The van der Waals surface area contributed by atoms with Gasteiger partial charge in [0, 0.05) is 26.7 Å². The number of hydrogen-bond acceptors (Lipinski definition) is 4. The first-order chi connectivity index (χ1) is 10.2. The van der Waals surface area contributed by atoms with E-state index >= 15 is 0 Å². The fourth-order valence-corrected chi connectivity index (χ4v) is 3.69. The minimum Gasteiger partial charge on any atom is -0.275 e. The van der Waals surface area contributed by atoms with Crippen molar-refractivity contribution >= 4 is 38.7 Å². The SMILES string of the molecule is Cc1nc(Cl)c2nnc(-c3csc4ccccc34)n2c1C. The Labute approximate surface area is 130 Å². The lowest BCUT2D eigenvalue weighted by molar-refractivity contribution is 1.00. The van der Waals surface area contributed by atoms with Crippen LogP contribution in [0.4, 0.5) is 0 Å². The molecular weight excluding hydrogens is 304 g/mol. The highest BCUT2D eigenvalue weighted by Gasteiger charge is 2.17. The number of benzene rings is 1. The van der Waals surface area contributed by atoms with Crippen LogP contribution < -0.4 is 0 Å². The van der Waals surface area contributed by atoms with E-state index in [1.165, 1.54) is 10.1 Å². The summed E-state index contributed by atoms with van der Waals surface area (Å²) in [5.74, 6) is 0.812. The number of fused-ring (bicyclic) bond motifs is 2. The van der Waals surface area contributed by atoms with Crippen molar-refractivity contribution in [1.29, 1.82) is 0 Å². The molecule has 0 amide bonds. The molecule has 6 heteroatoms. The summed E-state index contributed by atoms with van der Waals surface area (Å²) in [6, 6.07) is 8.29. The minimum atomic E-state index is 0.386. The second-order valence-electron chi connectivity index (χ2n) is 4.90. The Morgan fingerprint density at radius 3 is 2.81 bits per heavy atom. The number of aromatic nitrogens is 4. The van der Waals surface area contributed by atoms with Crippen molar-refractivity contribution in [3.05, 3.63) is 46.2 Å². The highest BCUT2D eigenvalue weighted by molar-refractivity contribution is 7.17. The van der Waals surface area contributed by atoms with Crippen molar-refractivity contribution in [2.24, 2.45) is 0 Å². The molecule has 0 saturated heterocycles. The molecule has 104 valence electrons. The van der Waals surface area contributed by atoms with Crippen molar-refractivity contribution in [1.82, 2.24) is 19.6 Å². The van der Waals surface area contributed by atoms with Crippen LogP contribution in [0.5, 0.6) is 0 Å². The molecule has 0 aliphatic heterocycles. The summed E-state index contributed by atoms with van der Waals surface area (Å²) in [6.45, 7) is 3.95. The second kappa shape index (κ2) is 4.51. The summed E-state index contributed by atoms with van der Waals surface area (Å²) in [5, 5.41) is 12.2. The molecule has 4 nitrogen and oxygen atoms in total. The van der Waals surface area contributed by atoms with Gasteiger partial charge in [0.05, 0.1) is 5.69 Å². The van der Waals surface area contributed by atoms with Gasteiger partial charge in [-0.1, -0.05) is 29.8 Å². The van der Waals surface area contributed by atoms with Gasteiger partial charge in [-0.15, -0.1) is 21.5 Å². The zero-order chi connectivity index (χ0) is 14.6. The molecule has 0 aliphatic carbocycles. The molecule has 0 fully saturated rings. The number of rotatable bonds is 1. The van der Waals surface area contributed by atoms with E-state index in [-0.39, 0.29) is 0 Å². The number of nitrogens with zero attached hydrogens (tertiary/aromatic N) is 4. The number of aryl methyl sites for hydroxylation is 2. The van der Waals surface area contributed by atoms with Crippen molar-refractivity contribution < 1.29 is 0 Å². The maximum absolute atomic E-state index is 6.20. The molecule has 0 aliphatic rings. The van der Waals surface area contributed by atoms with Crippen molar-refractivity contribution in [3.63, 3.8) is 0 Å². The molecule has 1 aromatic carbocycles. The lowest BCUT2D eigenvalue weighted by Gasteiger charge is -2.06. The number of hydrogen-bond donors (Lipinski definition) is 0. The van der Waals surface area contributed by atoms with Crippen molar-refractivity contribution in [2.75, 3.05) is 0 Å². The predicted octanol–water partition coefficient (Wildman–Crippen LogP) is 4.28. The molecule has 0 unspecified atom stereocenters. The molecule has 0 atom stereocenters. The van der Waals surface area contributed by atoms with Crippen molar-refractivity contribution in [2.45, 2.75) is 13.8 Å². The monoisotopic (exact) mass is 314 g/mol. The highest BCUT2D eigenvalue weighted by atomic mass is 35.5. The number of halogens is 1. The molecular formula is C15H11ClN4S. The van der Waals surface area contributed by atoms with Gasteiger partial charge in [0.15, 0.2) is 16.6 Å². The van der Waals surface area contributed by atoms with Crippen LogP contribution in [0.15, 0.2) is 29.6 Å². The van der Waals surface area contributed by atoms with E-state index in [0.29, 0.717) is 10.8 Å². The Kier molecular flexibility index (Phi) is 2.74. The summed E-state index contributed by atoms with van der Waals surface area (Å²) >= 11 is 7.90. The highest BCUT2D eigenvalue weighted by Crippen LogP contribution is 2.34. The Balaban J connectivity index is 2.12. The average molecular weight is 315 g/mol. The molecule has 0 N–H and O–H groups in total. The van der Waals surface area contributed by atoms with Crippen LogP contribution >= 0.6 is 22.9 Å². The Morgan fingerprint density at radius 2 is 1.95 bits per heavy atom. The van der Waals surface area contributed by atoms with Gasteiger partial charge in [-0.2, -0.15) is 0 Å². The average Bonchev–Trinajstić information content (AvgIpc) is 3.08. The fourth-order valence-electron chi connectivity index (χ4n) is 2.50. The molecule has 4 rings (SSSR count). The van der Waals surface area contributed by atoms with Crippen LogP contribution in [0.1, 0.15) is 11.4 Å². The molecule has 0 bridgehead atoms. The summed E-state index contributed by atoms with van der Waals surface area (Å²) < 4.78 is 3.22. The van der Waals surface area contributed by atoms with E-state index in [4.69, 9.17) is 11.6 Å². The van der Waals surface area contributed by atoms with Gasteiger partial charge in [-0.05, 0) is 19.9 Å². The summed E-state index contributed by atoms with van der Waals surface area (Å²) in [6.07, 6.45) is 0. The molecule has 4 aromatic rings. The summed E-state index contributed by atoms with van der Waals surface area (Å²) in [5.41, 5.74) is 3.57.